The Bertz CT molecular complexity index is 907. The second kappa shape index (κ2) is 9.46. The van der Waals surface area contributed by atoms with E-state index < -0.39 is 6.10 Å². The third kappa shape index (κ3) is 4.75. The number of unbranched alkanes of at least 4 members (excludes halogenated alkanes) is 1. The van der Waals surface area contributed by atoms with Gasteiger partial charge in [-0.25, -0.2) is 0 Å². The maximum absolute atomic E-state index is 10.3. The third-order valence-electron chi connectivity index (χ3n) is 4.86. The first-order valence-corrected chi connectivity index (χ1v) is 9.58. The van der Waals surface area contributed by atoms with E-state index in [4.69, 9.17) is 14.2 Å². The SMILES string of the molecule is COc1ccc(CCCC[C@H](O)COc2cccc3n[nH]c(C)c23)cc1OC. The number of ether oxygens (including phenoxy) is 3. The Balaban J connectivity index is 1.43. The molecule has 0 bridgehead atoms. The summed E-state index contributed by atoms with van der Waals surface area (Å²) in [5, 5.41) is 18.4. The third-order valence-corrected chi connectivity index (χ3v) is 4.86. The predicted octanol–water partition coefficient (Wildman–Crippen LogP) is 4.04. The number of nitrogens with one attached hydrogen (secondary N) is 1. The van der Waals surface area contributed by atoms with E-state index in [0.717, 1.165) is 53.1 Å². The molecule has 0 amide bonds. The van der Waals surface area contributed by atoms with Gasteiger partial charge in [0.2, 0.25) is 0 Å². The first kappa shape index (κ1) is 20.0. The Labute approximate surface area is 165 Å². The fourth-order valence-corrected chi connectivity index (χ4v) is 3.32. The van der Waals surface area contributed by atoms with Crippen LogP contribution in [0.25, 0.3) is 10.9 Å². The number of aromatic amines is 1. The van der Waals surface area contributed by atoms with Gasteiger partial charge in [-0.2, -0.15) is 5.10 Å². The molecule has 1 aromatic heterocycles. The molecule has 0 radical (unpaired) electrons. The summed E-state index contributed by atoms with van der Waals surface area (Å²) in [5.41, 5.74) is 3.04. The maximum atomic E-state index is 10.3. The van der Waals surface area contributed by atoms with Crippen LogP contribution in [0.3, 0.4) is 0 Å². The summed E-state index contributed by atoms with van der Waals surface area (Å²) in [5.74, 6) is 2.24. The molecule has 0 fully saturated rings. The molecule has 0 aliphatic heterocycles. The van der Waals surface area contributed by atoms with Crippen molar-refractivity contribution in [2.24, 2.45) is 0 Å². The number of aliphatic hydroxyl groups excluding tert-OH is 1. The van der Waals surface area contributed by atoms with Crippen LogP contribution >= 0.6 is 0 Å². The quantitative estimate of drug-likeness (QED) is 0.516. The highest BCUT2D eigenvalue weighted by atomic mass is 16.5. The van der Waals surface area contributed by atoms with Crippen LogP contribution in [0, 0.1) is 6.92 Å². The zero-order valence-corrected chi connectivity index (χ0v) is 16.7. The van der Waals surface area contributed by atoms with Gasteiger partial charge in [-0.3, -0.25) is 5.10 Å². The van der Waals surface area contributed by atoms with Gasteiger partial charge in [-0.1, -0.05) is 18.6 Å². The molecule has 0 saturated heterocycles. The Hall–Kier alpha value is -2.73. The van der Waals surface area contributed by atoms with Gasteiger partial charge < -0.3 is 19.3 Å². The average molecular weight is 384 g/mol. The van der Waals surface area contributed by atoms with Gasteiger partial charge in [0.05, 0.1) is 31.2 Å². The van der Waals surface area contributed by atoms with Gasteiger partial charge in [0.15, 0.2) is 11.5 Å². The topological polar surface area (TPSA) is 76.6 Å². The minimum Gasteiger partial charge on any atom is -0.493 e. The number of methoxy groups -OCH3 is 2. The molecule has 28 heavy (non-hydrogen) atoms. The zero-order chi connectivity index (χ0) is 19.9. The highest BCUT2D eigenvalue weighted by molar-refractivity contribution is 5.87. The minimum atomic E-state index is -0.493. The summed E-state index contributed by atoms with van der Waals surface area (Å²) in [6, 6.07) is 11.7. The Morgan fingerprint density at radius 3 is 2.64 bits per heavy atom. The molecule has 2 N–H and O–H groups in total. The lowest BCUT2D eigenvalue weighted by Gasteiger charge is -2.13. The molecule has 1 atom stereocenters. The number of rotatable bonds is 10. The monoisotopic (exact) mass is 384 g/mol. The average Bonchev–Trinajstić information content (AvgIpc) is 3.11. The molecule has 0 aliphatic rings. The molecule has 0 spiro atoms. The van der Waals surface area contributed by atoms with Gasteiger partial charge >= 0.3 is 0 Å². The molecule has 3 rings (SSSR count). The number of hydrogen-bond donors (Lipinski definition) is 2. The van der Waals surface area contributed by atoms with Gasteiger partial charge in [0.1, 0.15) is 12.4 Å². The highest BCUT2D eigenvalue weighted by Gasteiger charge is 2.11. The molecular weight excluding hydrogens is 356 g/mol. The lowest BCUT2D eigenvalue weighted by molar-refractivity contribution is 0.0984. The van der Waals surface area contributed by atoms with E-state index in [0.29, 0.717) is 6.42 Å². The van der Waals surface area contributed by atoms with E-state index in [-0.39, 0.29) is 6.61 Å². The van der Waals surface area contributed by atoms with Gasteiger partial charge in [0, 0.05) is 5.69 Å². The number of aromatic nitrogens is 2. The van der Waals surface area contributed by atoms with E-state index in [9.17, 15) is 5.11 Å². The Morgan fingerprint density at radius 2 is 1.86 bits per heavy atom. The van der Waals surface area contributed by atoms with E-state index >= 15 is 0 Å². The molecule has 0 unspecified atom stereocenters. The molecule has 2 aromatic carbocycles. The summed E-state index contributed by atoms with van der Waals surface area (Å²) >= 11 is 0. The highest BCUT2D eigenvalue weighted by Crippen LogP contribution is 2.29. The van der Waals surface area contributed by atoms with E-state index in [1.54, 1.807) is 14.2 Å². The fraction of sp³-hybridized carbons (Fsp3) is 0.409. The Morgan fingerprint density at radius 1 is 1.04 bits per heavy atom. The van der Waals surface area contributed by atoms with Crippen molar-refractivity contribution in [1.29, 1.82) is 0 Å². The number of fused-ring (bicyclic) bond motifs is 1. The lowest BCUT2D eigenvalue weighted by atomic mass is 10.0. The summed E-state index contributed by atoms with van der Waals surface area (Å²) in [4.78, 5) is 0. The largest absolute Gasteiger partial charge is 0.493 e. The van der Waals surface area contributed by atoms with Crippen molar-refractivity contribution < 1.29 is 19.3 Å². The first-order valence-electron chi connectivity index (χ1n) is 9.58. The van der Waals surface area contributed by atoms with Crippen LogP contribution in [0.5, 0.6) is 17.2 Å². The molecule has 0 aliphatic carbocycles. The van der Waals surface area contributed by atoms with Crippen LogP contribution in [-0.4, -0.2) is 42.2 Å². The molecule has 150 valence electrons. The van der Waals surface area contributed by atoms with Gasteiger partial charge in [-0.15, -0.1) is 0 Å². The number of aliphatic hydroxyl groups is 1. The standard InChI is InChI=1S/C22H28N2O4/c1-15-22-18(24-23-15)9-6-10-20(22)28-14-17(25)8-5-4-7-16-11-12-19(26-2)21(13-16)27-3/h6,9-13,17,25H,4-5,7-8,14H2,1-3H3,(H,23,24)/t17-/m0/s1. The molecule has 6 heteroatoms. The number of nitrogens with zero attached hydrogens (tertiary/aromatic N) is 1. The fourth-order valence-electron chi connectivity index (χ4n) is 3.32. The van der Waals surface area contributed by atoms with Crippen molar-refractivity contribution in [3.63, 3.8) is 0 Å². The lowest BCUT2D eigenvalue weighted by Crippen LogP contribution is -2.17. The zero-order valence-electron chi connectivity index (χ0n) is 16.7. The summed E-state index contributed by atoms with van der Waals surface area (Å²) in [6.07, 6.45) is 3.05. The van der Waals surface area contributed by atoms with Crippen LogP contribution in [0.1, 0.15) is 30.5 Å². The normalized spacial score (nSPS) is 12.1. The van der Waals surface area contributed by atoms with Crippen molar-refractivity contribution in [2.75, 3.05) is 20.8 Å². The summed E-state index contributed by atoms with van der Waals surface area (Å²) < 4.78 is 16.5. The van der Waals surface area contributed by atoms with Crippen LogP contribution < -0.4 is 14.2 Å². The van der Waals surface area contributed by atoms with Crippen molar-refractivity contribution in [2.45, 2.75) is 38.7 Å². The van der Waals surface area contributed by atoms with Crippen LogP contribution in [-0.2, 0) is 6.42 Å². The van der Waals surface area contributed by atoms with Gasteiger partial charge in [0.25, 0.3) is 0 Å². The van der Waals surface area contributed by atoms with Gasteiger partial charge in [-0.05, 0) is 56.0 Å². The minimum absolute atomic E-state index is 0.278. The second-order valence-corrected chi connectivity index (χ2v) is 6.90. The van der Waals surface area contributed by atoms with Crippen molar-refractivity contribution in [3.05, 3.63) is 47.7 Å². The van der Waals surface area contributed by atoms with E-state index in [1.807, 2.05) is 37.3 Å². The van der Waals surface area contributed by atoms with E-state index in [1.165, 1.54) is 5.56 Å². The molecule has 0 saturated carbocycles. The number of hydrogen-bond acceptors (Lipinski definition) is 5. The molecule has 1 heterocycles. The van der Waals surface area contributed by atoms with Crippen LogP contribution in [0.15, 0.2) is 36.4 Å². The van der Waals surface area contributed by atoms with Crippen molar-refractivity contribution in [1.82, 2.24) is 10.2 Å². The number of benzene rings is 2. The summed E-state index contributed by atoms with van der Waals surface area (Å²) in [6.45, 7) is 2.24. The van der Waals surface area contributed by atoms with Crippen molar-refractivity contribution >= 4 is 10.9 Å². The molecular formula is C22H28N2O4. The smallest absolute Gasteiger partial charge is 0.160 e. The molecule has 3 aromatic rings. The predicted molar refractivity (Wildman–Crippen MR) is 109 cm³/mol. The van der Waals surface area contributed by atoms with Crippen LogP contribution in [0.4, 0.5) is 0 Å². The Kier molecular flexibility index (Phi) is 6.76. The molecule has 6 nitrogen and oxygen atoms in total. The first-order chi connectivity index (χ1) is 13.6. The second-order valence-electron chi connectivity index (χ2n) is 6.90. The van der Waals surface area contributed by atoms with E-state index in [2.05, 4.69) is 16.3 Å². The van der Waals surface area contributed by atoms with Crippen molar-refractivity contribution in [3.8, 4) is 17.2 Å². The maximum Gasteiger partial charge on any atom is 0.160 e. The van der Waals surface area contributed by atoms with Crippen LogP contribution in [0.2, 0.25) is 0 Å². The number of aryl methyl sites for hydroxylation is 2. The summed E-state index contributed by atoms with van der Waals surface area (Å²) in [7, 11) is 3.28. The number of H-pyrrole nitrogens is 1.